The predicted molar refractivity (Wildman–Crippen MR) is 213 cm³/mol. The first kappa shape index (κ1) is 29.0. The lowest BCUT2D eigenvalue weighted by Gasteiger charge is -2.13. The zero-order valence-corrected chi connectivity index (χ0v) is 28.4. The molecule has 3 nitrogen and oxygen atoms in total. The van der Waals surface area contributed by atoms with E-state index in [2.05, 4.69) is 103 Å². The monoisotopic (exact) mass is 673 g/mol. The van der Waals surface area contributed by atoms with Crippen molar-refractivity contribution in [2.75, 3.05) is 0 Å². The van der Waals surface area contributed by atoms with Crippen LogP contribution in [-0.4, -0.2) is 15.0 Å². The first-order valence-corrected chi connectivity index (χ1v) is 18.2. The molecule has 0 atom stereocenters. The maximum atomic E-state index is 5.00. The standard InChI is InChI=1S/C45H27N3S2/c1-3-13-28(14-4-1)43-46-44(29-15-5-2-6-16-29)48-45(47-43)30-25-26-33-36-22-11-21-35(42(36)50-40(33)27-30)32-18-8-7-17-31(32)34-20-12-24-39-41(34)37-19-9-10-23-38(37)49-39/h1-27H. The second-order valence-corrected chi connectivity index (χ2v) is 14.5. The smallest absolute Gasteiger partial charge is 0.164 e. The summed E-state index contributed by atoms with van der Waals surface area (Å²) in [6, 6.07) is 57.9. The van der Waals surface area contributed by atoms with E-state index in [4.69, 9.17) is 15.0 Å². The number of thiophene rings is 2. The summed E-state index contributed by atoms with van der Waals surface area (Å²) in [4.78, 5) is 14.9. The van der Waals surface area contributed by atoms with Crippen LogP contribution in [0, 0.1) is 0 Å². The van der Waals surface area contributed by atoms with Crippen LogP contribution in [0.3, 0.4) is 0 Å². The number of rotatable bonds is 5. The fraction of sp³-hybridized carbons (Fsp3) is 0. The van der Waals surface area contributed by atoms with E-state index in [9.17, 15) is 0 Å². The van der Waals surface area contributed by atoms with Gasteiger partial charge in [-0.2, -0.15) is 0 Å². The van der Waals surface area contributed by atoms with Crippen LogP contribution in [0.4, 0.5) is 0 Å². The van der Waals surface area contributed by atoms with Gasteiger partial charge in [-0.25, -0.2) is 15.0 Å². The minimum absolute atomic E-state index is 0.665. The number of fused-ring (bicyclic) bond motifs is 6. The molecule has 5 heteroatoms. The fourth-order valence-corrected chi connectivity index (χ4v) is 9.44. The summed E-state index contributed by atoms with van der Waals surface area (Å²) in [5.41, 5.74) is 7.91. The highest BCUT2D eigenvalue weighted by molar-refractivity contribution is 7.26. The molecule has 10 rings (SSSR count). The Balaban J connectivity index is 1.14. The average molecular weight is 674 g/mol. The first-order chi connectivity index (χ1) is 24.8. The van der Waals surface area contributed by atoms with Gasteiger partial charge >= 0.3 is 0 Å². The van der Waals surface area contributed by atoms with Gasteiger partial charge in [0.05, 0.1) is 0 Å². The summed E-state index contributed by atoms with van der Waals surface area (Å²) < 4.78 is 5.12. The lowest BCUT2D eigenvalue weighted by Crippen LogP contribution is -1.99. The molecule has 0 amide bonds. The second kappa shape index (κ2) is 11.8. The minimum atomic E-state index is 0.665. The topological polar surface area (TPSA) is 38.7 Å². The third kappa shape index (κ3) is 4.82. The van der Waals surface area contributed by atoms with Crippen LogP contribution in [0.1, 0.15) is 0 Å². The summed E-state index contributed by atoms with van der Waals surface area (Å²) in [6.45, 7) is 0. The third-order valence-electron chi connectivity index (χ3n) is 9.37. The molecular weight excluding hydrogens is 647 g/mol. The van der Waals surface area contributed by atoms with Crippen molar-refractivity contribution < 1.29 is 0 Å². The molecule has 50 heavy (non-hydrogen) atoms. The molecule has 3 heterocycles. The Morgan fingerprint density at radius 3 is 1.60 bits per heavy atom. The molecule has 10 aromatic rings. The van der Waals surface area contributed by atoms with E-state index in [1.54, 1.807) is 0 Å². The van der Waals surface area contributed by atoms with Crippen molar-refractivity contribution in [2.45, 2.75) is 0 Å². The van der Waals surface area contributed by atoms with Crippen molar-refractivity contribution in [3.05, 3.63) is 164 Å². The first-order valence-electron chi connectivity index (χ1n) is 16.6. The van der Waals surface area contributed by atoms with Crippen molar-refractivity contribution in [3.63, 3.8) is 0 Å². The predicted octanol–water partition coefficient (Wildman–Crippen LogP) is 12.9. The van der Waals surface area contributed by atoms with Gasteiger partial charge in [-0.15, -0.1) is 22.7 Å². The molecule has 0 aliphatic carbocycles. The highest BCUT2D eigenvalue weighted by Gasteiger charge is 2.18. The van der Waals surface area contributed by atoms with Crippen LogP contribution in [0.5, 0.6) is 0 Å². The minimum Gasteiger partial charge on any atom is -0.208 e. The zero-order chi connectivity index (χ0) is 33.0. The molecule has 0 unspecified atom stereocenters. The normalized spacial score (nSPS) is 11.6. The zero-order valence-electron chi connectivity index (χ0n) is 26.7. The van der Waals surface area contributed by atoms with Crippen molar-refractivity contribution in [1.29, 1.82) is 0 Å². The number of aromatic nitrogens is 3. The van der Waals surface area contributed by atoms with Crippen LogP contribution in [-0.2, 0) is 0 Å². The molecule has 0 spiro atoms. The van der Waals surface area contributed by atoms with E-state index in [0.29, 0.717) is 17.5 Å². The second-order valence-electron chi connectivity index (χ2n) is 12.4. The molecule has 0 aliphatic rings. The molecule has 0 saturated heterocycles. The lowest BCUT2D eigenvalue weighted by molar-refractivity contribution is 1.07. The maximum Gasteiger partial charge on any atom is 0.164 e. The molecule has 0 aliphatic heterocycles. The largest absolute Gasteiger partial charge is 0.208 e. The molecule has 0 bridgehead atoms. The van der Waals surface area contributed by atoms with E-state index in [1.165, 1.54) is 62.6 Å². The summed E-state index contributed by atoms with van der Waals surface area (Å²) in [5.74, 6) is 2.00. The Morgan fingerprint density at radius 1 is 0.320 bits per heavy atom. The van der Waals surface area contributed by atoms with Gasteiger partial charge in [0, 0.05) is 62.6 Å². The Labute approximate surface area is 296 Å². The Hall–Kier alpha value is -6.01. The van der Waals surface area contributed by atoms with Gasteiger partial charge in [0.15, 0.2) is 17.5 Å². The van der Waals surface area contributed by atoms with Crippen molar-refractivity contribution >= 4 is 63.0 Å². The van der Waals surface area contributed by atoms with Gasteiger partial charge in [-0.1, -0.05) is 146 Å². The van der Waals surface area contributed by atoms with Crippen LogP contribution in [0.15, 0.2) is 164 Å². The van der Waals surface area contributed by atoms with E-state index in [1.807, 2.05) is 83.3 Å². The summed E-state index contributed by atoms with van der Waals surface area (Å²) in [6.07, 6.45) is 0. The molecule has 0 saturated carbocycles. The number of hydrogen-bond acceptors (Lipinski definition) is 5. The van der Waals surface area contributed by atoms with Crippen LogP contribution < -0.4 is 0 Å². The van der Waals surface area contributed by atoms with E-state index in [-0.39, 0.29) is 0 Å². The van der Waals surface area contributed by atoms with Crippen LogP contribution in [0.2, 0.25) is 0 Å². The van der Waals surface area contributed by atoms with Crippen LogP contribution >= 0.6 is 22.7 Å². The Kier molecular flexibility index (Phi) is 6.86. The molecule has 7 aromatic carbocycles. The summed E-state index contributed by atoms with van der Waals surface area (Å²) >= 11 is 3.70. The highest BCUT2D eigenvalue weighted by atomic mass is 32.1. The van der Waals surface area contributed by atoms with Gasteiger partial charge in [-0.05, 0) is 34.9 Å². The van der Waals surface area contributed by atoms with Crippen LogP contribution in [0.25, 0.3) is 96.8 Å². The van der Waals surface area contributed by atoms with E-state index >= 15 is 0 Å². The fourth-order valence-electron chi connectivity index (χ4n) is 7.04. The summed E-state index contributed by atoms with van der Waals surface area (Å²) in [7, 11) is 0. The van der Waals surface area contributed by atoms with Crippen molar-refractivity contribution in [3.8, 4) is 56.4 Å². The number of nitrogens with zero attached hydrogens (tertiary/aromatic N) is 3. The van der Waals surface area contributed by atoms with Gasteiger partial charge in [0.2, 0.25) is 0 Å². The lowest BCUT2D eigenvalue weighted by atomic mass is 9.91. The Morgan fingerprint density at radius 2 is 0.860 bits per heavy atom. The average Bonchev–Trinajstić information content (AvgIpc) is 3.77. The Bertz CT molecular complexity index is 2810. The number of hydrogen-bond donors (Lipinski definition) is 0. The molecule has 3 aromatic heterocycles. The third-order valence-corrected chi connectivity index (χ3v) is 11.7. The van der Waals surface area contributed by atoms with Crippen molar-refractivity contribution in [2.24, 2.45) is 0 Å². The number of benzene rings is 7. The highest BCUT2D eigenvalue weighted by Crippen LogP contribution is 2.46. The van der Waals surface area contributed by atoms with E-state index < -0.39 is 0 Å². The van der Waals surface area contributed by atoms with Gasteiger partial charge in [-0.3, -0.25) is 0 Å². The molecule has 0 radical (unpaired) electrons. The summed E-state index contributed by atoms with van der Waals surface area (Å²) in [5, 5.41) is 5.14. The van der Waals surface area contributed by atoms with Gasteiger partial charge < -0.3 is 0 Å². The SMILES string of the molecule is c1ccc(-c2nc(-c3ccccc3)nc(-c3ccc4c(c3)sc3c(-c5ccccc5-c5cccc6sc7ccccc7c56)cccc34)n2)cc1. The molecule has 0 fully saturated rings. The van der Waals surface area contributed by atoms with Crippen molar-refractivity contribution in [1.82, 2.24) is 15.0 Å². The molecule has 0 N–H and O–H groups in total. The van der Waals surface area contributed by atoms with Gasteiger partial charge in [0.25, 0.3) is 0 Å². The maximum absolute atomic E-state index is 5.00. The van der Waals surface area contributed by atoms with Gasteiger partial charge in [0.1, 0.15) is 0 Å². The molecule has 234 valence electrons. The molecular formula is C45H27N3S2. The van der Waals surface area contributed by atoms with E-state index in [0.717, 1.165) is 16.7 Å². The quantitative estimate of drug-likeness (QED) is 0.182.